The van der Waals surface area contributed by atoms with Crippen molar-refractivity contribution in [2.45, 2.75) is 25.2 Å². The highest BCUT2D eigenvalue weighted by Crippen LogP contribution is 2.44. The van der Waals surface area contributed by atoms with Gasteiger partial charge in [-0.1, -0.05) is 6.07 Å². The molecule has 1 aromatic heterocycles. The number of allylic oxidation sites excluding steroid dienone is 2. The molecule has 8 heteroatoms. The van der Waals surface area contributed by atoms with Crippen molar-refractivity contribution in [2.24, 2.45) is 0 Å². The number of carbonyl (C=O) groups is 1. The van der Waals surface area contributed by atoms with Crippen molar-refractivity contribution in [3.63, 3.8) is 0 Å². The van der Waals surface area contributed by atoms with Gasteiger partial charge in [0.1, 0.15) is 5.82 Å². The van der Waals surface area contributed by atoms with E-state index < -0.39 is 5.92 Å². The molecular weight excluding hydrogens is 348 g/mol. The molecule has 0 amide bonds. The van der Waals surface area contributed by atoms with Crippen molar-refractivity contribution in [3.8, 4) is 11.5 Å². The van der Waals surface area contributed by atoms with Gasteiger partial charge in [-0.15, -0.1) is 0 Å². The molecule has 0 spiro atoms. The number of aromatic amines is 1. The second-order valence-corrected chi connectivity index (χ2v) is 6.55. The van der Waals surface area contributed by atoms with Crippen LogP contribution in [0.4, 0.5) is 11.8 Å². The van der Waals surface area contributed by atoms with Crippen molar-refractivity contribution in [3.05, 3.63) is 50.9 Å². The van der Waals surface area contributed by atoms with Crippen molar-refractivity contribution < 1.29 is 14.3 Å². The van der Waals surface area contributed by atoms with Crippen LogP contribution in [-0.2, 0) is 4.79 Å². The summed E-state index contributed by atoms with van der Waals surface area (Å²) >= 11 is 0. The molecule has 0 saturated carbocycles. The number of hydrogen-bond acceptors (Lipinski definition) is 7. The molecule has 0 unspecified atom stereocenters. The van der Waals surface area contributed by atoms with Gasteiger partial charge in [-0.25, -0.2) is 0 Å². The number of methoxy groups -OCH3 is 2. The first kappa shape index (κ1) is 17.1. The molecule has 2 heterocycles. The molecule has 1 aromatic carbocycles. The molecule has 140 valence electrons. The minimum Gasteiger partial charge on any atom is -0.493 e. The average molecular weight is 368 g/mol. The molecule has 1 aliphatic heterocycles. The zero-order chi connectivity index (χ0) is 19.1. The highest BCUT2D eigenvalue weighted by atomic mass is 16.5. The van der Waals surface area contributed by atoms with E-state index in [0.29, 0.717) is 34.9 Å². The van der Waals surface area contributed by atoms with Gasteiger partial charge in [-0.2, -0.15) is 4.98 Å². The Hall–Kier alpha value is -3.29. The molecule has 4 rings (SSSR count). The molecule has 0 fully saturated rings. The van der Waals surface area contributed by atoms with Crippen molar-refractivity contribution in [2.75, 3.05) is 25.3 Å². The second-order valence-electron chi connectivity index (χ2n) is 6.55. The lowest BCUT2D eigenvalue weighted by atomic mass is 9.76. The molecule has 1 aliphatic carbocycles. The predicted molar refractivity (Wildman–Crippen MR) is 100 cm³/mol. The third-order valence-corrected chi connectivity index (χ3v) is 5.02. The number of benzene rings is 1. The molecule has 2 aliphatic rings. The summed E-state index contributed by atoms with van der Waals surface area (Å²) in [5.41, 5.74) is 7.90. The number of nitrogens with zero attached hydrogens (tertiary/aromatic N) is 1. The molecule has 0 bridgehead atoms. The van der Waals surface area contributed by atoms with E-state index in [1.165, 1.54) is 0 Å². The van der Waals surface area contributed by atoms with Crippen LogP contribution in [0, 0.1) is 0 Å². The topological polar surface area (TPSA) is 119 Å². The van der Waals surface area contributed by atoms with Crippen LogP contribution in [0.15, 0.2) is 34.3 Å². The summed E-state index contributed by atoms with van der Waals surface area (Å²) in [4.78, 5) is 32.3. The largest absolute Gasteiger partial charge is 0.493 e. The molecule has 2 aromatic rings. The minimum absolute atomic E-state index is 0.0310. The van der Waals surface area contributed by atoms with Crippen molar-refractivity contribution in [1.29, 1.82) is 0 Å². The number of rotatable bonds is 3. The highest BCUT2D eigenvalue weighted by molar-refractivity contribution is 6.00. The number of aromatic nitrogens is 2. The number of H-pyrrole nitrogens is 1. The average Bonchev–Trinajstić information content (AvgIpc) is 2.65. The third kappa shape index (κ3) is 2.73. The summed E-state index contributed by atoms with van der Waals surface area (Å²) in [7, 11) is 3.10. The summed E-state index contributed by atoms with van der Waals surface area (Å²) in [6, 6.07) is 5.40. The maximum atomic E-state index is 12.8. The van der Waals surface area contributed by atoms with E-state index in [1.807, 2.05) is 6.07 Å². The third-order valence-electron chi connectivity index (χ3n) is 5.02. The fourth-order valence-electron chi connectivity index (χ4n) is 3.84. The number of hydrogen-bond donors (Lipinski definition) is 3. The van der Waals surface area contributed by atoms with E-state index in [-0.39, 0.29) is 17.3 Å². The Morgan fingerprint density at radius 3 is 2.67 bits per heavy atom. The zero-order valence-electron chi connectivity index (χ0n) is 15.1. The second kappa shape index (κ2) is 6.46. The standard InChI is InChI=1S/C19H20N4O4/c1-26-12-7-6-9(8-13(12)27-2)14-15-10(4-3-5-11(15)24)21-17-16(14)18(25)23-19(20)22-17/h6-8,14H,3-5H2,1-2H3,(H4,20,21,22,23,25)/t14-/m1/s1. The Morgan fingerprint density at radius 1 is 1.15 bits per heavy atom. The molecule has 27 heavy (non-hydrogen) atoms. The van der Waals surface area contributed by atoms with Crippen LogP contribution in [-0.4, -0.2) is 30.0 Å². The van der Waals surface area contributed by atoms with E-state index in [9.17, 15) is 9.59 Å². The number of ketones is 1. The van der Waals surface area contributed by atoms with Gasteiger partial charge in [0.2, 0.25) is 5.95 Å². The molecule has 0 saturated heterocycles. The van der Waals surface area contributed by atoms with Crippen LogP contribution in [0.5, 0.6) is 11.5 Å². The van der Waals surface area contributed by atoms with Crippen molar-refractivity contribution in [1.82, 2.24) is 9.97 Å². The number of anilines is 2. The Balaban J connectivity index is 1.98. The number of carbonyl (C=O) groups excluding carboxylic acids is 1. The maximum absolute atomic E-state index is 12.8. The van der Waals surface area contributed by atoms with Crippen molar-refractivity contribution >= 4 is 17.5 Å². The quantitative estimate of drug-likeness (QED) is 0.757. The number of Topliss-reactive ketones (excluding diaryl/α,β-unsaturated/α-hetero) is 1. The van der Waals surface area contributed by atoms with Crippen LogP contribution in [0.2, 0.25) is 0 Å². The summed E-state index contributed by atoms with van der Waals surface area (Å²) in [6.07, 6.45) is 1.94. The monoisotopic (exact) mass is 368 g/mol. The van der Waals surface area contributed by atoms with E-state index in [0.717, 1.165) is 24.1 Å². The van der Waals surface area contributed by atoms with Gasteiger partial charge in [-0.05, 0) is 30.5 Å². The number of nitrogens with two attached hydrogens (primary N) is 1. The summed E-state index contributed by atoms with van der Waals surface area (Å²) in [5.74, 6) is 1.02. The molecule has 8 nitrogen and oxygen atoms in total. The Labute approximate surface area is 155 Å². The van der Waals surface area contributed by atoms with Gasteiger partial charge < -0.3 is 20.5 Å². The van der Waals surface area contributed by atoms with Crippen LogP contribution >= 0.6 is 0 Å². The lowest BCUT2D eigenvalue weighted by Gasteiger charge is -2.32. The number of nitrogens with one attached hydrogen (secondary N) is 2. The van der Waals surface area contributed by atoms with Crippen LogP contribution < -0.4 is 26.1 Å². The molecule has 4 N–H and O–H groups in total. The minimum atomic E-state index is -0.541. The smallest absolute Gasteiger partial charge is 0.258 e. The fraction of sp³-hybridized carbons (Fsp3) is 0.316. The lowest BCUT2D eigenvalue weighted by Crippen LogP contribution is -2.32. The van der Waals surface area contributed by atoms with Gasteiger partial charge in [0.15, 0.2) is 17.3 Å². The predicted octanol–water partition coefficient (Wildman–Crippen LogP) is 1.93. The van der Waals surface area contributed by atoms with E-state index >= 15 is 0 Å². The van der Waals surface area contributed by atoms with Gasteiger partial charge in [0.05, 0.1) is 19.8 Å². The summed E-state index contributed by atoms with van der Waals surface area (Å²) < 4.78 is 10.7. The number of fused-ring (bicyclic) bond motifs is 1. The Morgan fingerprint density at radius 2 is 1.93 bits per heavy atom. The lowest BCUT2D eigenvalue weighted by molar-refractivity contribution is -0.116. The maximum Gasteiger partial charge on any atom is 0.258 e. The summed E-state index contributed by atoms with van der Waals surface area (Å²) in [6.45, 7) is 0. The van der Waals surface area contributed by atoms with Gasteiger partial charge in [-0.3, -0.25) is 14.6 Å². The number of nitrogen functional groups attached to an aromatic ring is 1. The van der Waals surface area contributed by atoms with Crippen LogP contribution in [0.25, 0.3) is 0 Å². The number of ether oxygens (including phenoxy) is 2. The molecular formula is C19H20N4O4. The van der Waals surface area contributed by atoms with Crippen LogP contribution in [0.1, 0.15) is 36.3 Å². The molecule has 1 atom stereocenters. The first-order valence-electron chi connectivity index (χ1n) is 8.68. The Kier molecular flexibility index (Phi) is 4.10. The van der Waals surface area contributed by atoms with Crippen LogP contribution in [0.3, 0.4) is 0 Å². The molecule has 0 radical (unpaired) electrons. The normalized spacial score (nSPS) is 18.4. The van der Waals surface area contributed by atoms with Gasteiger partial charge in [0.25, 0.3) is 5.56 Å². The zero-order valence-corrected chi connectivity index (χ0v) is 15.1. The van der Waals surface area contributed by atoms with E-state index in [1.54, 1.807) is 26.4 Å². The highest BCUT2D eigenvalue weighted by Gasteiger charge is 2.38. The first-order chi connectivity index (χ1) is 13.0. The first-order valence-corrected chi connectivity index (χ1v) is 8.68. The summed E-state index contributed by atoms with van der Waals surface area (Å²) in [5, 5.41) is 3.15. The van der Waals surface area contributed by atoms with Gasteiger partial charge in [0, 0.05) is 23.6 Å². The van der Waals surface area contributed by atoms with E-state index in [4.69, 9.17) is 15.2 Å². The van der Waals surface area contributed by atoms with E-state index in [2.05, 4.69) is 15.3 Å². The van der Waals surface area contributed by atoms with Gasteiger partial charge >= 0.3 is 0 Å². The Bertz CT molecular complexity index is 1020. The fourth-order valence-corrected chi connectivity index (χ4v) is 3.84. The SMILES string of the molecule is COc1ccc([C@@H]2C3=C(CCCC3=O)Nc3nc(N)[nH]c(=O)c32)cc1OC.